The van der Waals surface area contributed by atoms with Crippen molar-refractivity contribution in [3.8, 4) is 0 Å². The van der Waals surface area contributed by atoms with E-state index >= 15 is 0 Å². The van der Waals surface area contributed by atoms with Crippen molar-refractivity contribution in [3.05, 3.63) is 59.2 Å². The van der Waals surface area contributed by atoms with E-state index in [1.807, 2.05) is 19.9 Å². The smallest absolute Gasteiger partial charge is 0.253 e. The SMILES string of the molecule is Cc1ccc(C(=O)NCC(NC(=O)c2ccc(C)nc2)C2CC2)cn1. The fraction of sp³-hybridized carbons (Fsp3) is 0.368. The molecule has 6 heteroatoms. The highest BCUT2D eigenvalue weighted by molar-refractivity contribution is 5.95. The number of aryl methyl sites for hydroxylation is 2. The molecule has 0 saturated heterocycles. The molecule has 1 fully saturated rings. The normalized spacial score (nSPS) is 14.6. The zero-order valence-electron chi connectivity index (χ0n) is 14.5. The zero-order chi connectivity index (χ0) is 17.8. The van der Waals surface area contributed by atoms with Crippen LogP contribution in [0, 0.1) is 19.8 Å². The Morgan fingerprint density at radius 3 is 2.04 bits per heavy atom. The van der Waals surface area contributed by atoms with Crippen LogP contribution in [0.3, 0.4) is 0 Å². The zero-order valence-corrected chi connectivity index (χ0v) is 14.5. The van der Waals surface area contributed by atoms with E-state index in [4.69, 9.17) is 0 Å². The highest BCUT2D eigenvalue weighted by Crippen LogP contribution is 2.32. The van der Waals surface area contributed by atoms with E-state index in [1.54, 1.807) is 30.6 Å². The van der Waals surface area contributed by atoms with E-state index in [0.717, 1.165) is 24.2 Å². The molecule has 0 radical (unpaired) electrons. The lowest BCUT2D eigenvalue weighted by atomic mass is 10.1. The Bertz CT molecular complexity index is 752. The largest absolute Gasteiger partial charge is 0.350 e. The number of nitrogens with one attached hydrogen (secondary N) is 2. The topological polar surface area (TPSA) is 84.0 Å². The van der Waals surface area contributed by atoms with Crippen molar-refractivity contribution in [1.82, 2.24) is 20.6 Å². The maximum atomic E-state index is 12.4. The molecular formula is C19H22N4O2. The minimum atomic E-state index is -0.176. The van der Waals surface area contributed by atoms with Crippen LogP contribution in [-0.4, -0.2) is 34.4 Å². The van der Waals surface area contributed by atoms with Gasteiger partial charge in [0.25, 0.3) is 11.8 Å². The standard InChI is InChI=1S/C19H22N4O2/c1-12-3-5-15(9-20-12)18(24)22-11-17(14-7-8-14)23-19(25)16-6-4-13(2)21-10-16/h3-6,9-10,14,17H,7-8,11H2,1-2H3,(H,22,24)(H,23,25). The molecule has 2 heterocycles. The first-order valence-corrected chi connectivity index (χ1v) is 8.47. The van der Waals surface area contributed by atoms with Gasteiger partial charge in [-0.2, -0.15) is 0 Å². The third-order valence-electron chi connectivity index (χ3n) is 4.34. The molecule has 25 heavy (non-hydrogen) atoms. The molecule has 2 N–H and O–H groups in total. The van der Waals surface area contributed by atoms with Crippen LogP contribution in [-0.2, 0) is 0 Å². The molecule has 1 aliphatic carbocycles. The van der Waals surface area contributed by atoms with Crippen molar-refractivity contribution >= 4 is 11.8 Å². The van der Waals surface area contributed by atoms with Gasteiger partial charge in [0.05, 0.1) is 11.1 Å². The number of nitrogens with zero attached hydrogens (tertiary/aromatic N) is 2. The minimum absolute atomic E-state index is 0.0730. The Kier molecular flexibility index (Phi) is 5.07. The number of hydrogen-bond donors (Lipinski definition) is 2. The maximum absolute atomic E-state index is 12.4. The average Bonchev–Trinajstić information content (AvgIpc) is 3.44. The molecule has 2 amide bonds. The first-order chi connectivity index (χ1) is 12.0. The lowest BCUT2D eigenvalue weighted by molar-refractivity contribution is 0.0903. The summed E-state index contributed by atoms with van der Waals surface area (Å²) < 4.78 is 0. The van der Waals surface area contributed by atoms with E-state index < -0.39 is 0 Å². The van der Waals surface area contributed by atoms with Crippen LogP contribution in [0.1, 0.15) is 44.9 Å². The summed E-state index contributed by atoms with van der Waals surface area (Å²) in [5.74, 6) is 0.0823. The van der Waals surface area contributed by atoms with E-state index in [0.29, 0.717) is 23.6 Å². The third kappa shape index (κ3) is 4.62. The first kappa shape index (κ1) is 17.1. The van der Waals surface area contributed by atoms with Gasteiger partial charge in [-0.3, -0.25) is 19.6 Å². The second-order valence-corrected chi connectivity index (χ2v) is 6.50. The van der Waals surface area contributed by atoms with Gasteiger partial charge < -0.3 is 10.6 Å². The molecule has 0 spiro atoms. The number of aromatic nitrogens is 2. The molecule has 0 bridgehead atoms. The lowest BCUT2D eigenvalue weighted by Gasteiger charge is -2.19. The highest BCUT2D eigenvalue weighted by atomic mass is 16.2. The van der Waals surface area contributed by atoms with Crippen LogP contribution < -0.4 is 10.6 Å². The van der Waals surface area contributed by atoms with Crippen molar-refractivity contribution in [2.24, 2.45) is 5.92 Å². The van der Waals surface area contributed by atoms with Crippen molar-refractivity contribution in [2.75, 3.05) is 6.54 Å². The van der Waals surface area contributed by atoms with E-state index in [-0.39, 0.29) is 17.9 Å². The Morgan fingerprint density at radius 1 is 1.00 bits per heavy atom. The molecule has 1 atom stereocenters. The van der Waals surface area contributed by atoms with Crippen molar-refractivity contribution in [3.63, 3.8) is 0 Å². The van der Waals surface area contributed by atoms with Gasteiger partial charge in [-0.05, 0) is 56.9 Å². The van der Waals surface area contributed by atoms with Gasteiger partial charge in [0.2, 0.25) is 0 Å². The second-order valence-electron chi connectivity index (χ2n) is 6.50. The molecule has 1 saturated carbocycles. The van der Waals surface area contributed by atoms with Gasteiger partial charge >= 0.3 is 0 Å². The van der Waals surface area contributed by atoms with Gasteiger partial charge in [0, 0.05) is 36.4 Å². The van der Waals surface area contributed by atoms with Crippen LogP contribution in [0.5, 0.6) is 0 Å². The number of pyridine rings is 2. The van der Waals surface area contributed by atoms with Gasteiger partial charge in [-0.1, -0.05) is 0 Å². The lowest BCUT2D eigenvalue weighted by Crippen LogP contribution is -2.45. The van der Waals surface area contributed by atoms with Gasteiger partial charge in [-0.15, -0.1) is 0 Å². The van der Waals surface area contributed by atoms with E-state index in [9.17, 15) is 9.59 Å². The molecule has 0 aromatic carbocycles. The summed E-state index contributed by atoms with van der Waals surface area (Å²) in [6.07, 6.45) is 5.27. The summed E-state index contributed by atoms with van der Waals surface area (Å²) in [6.45, 7) is 4.16. The molecule has 130 valence electrons. The average molecular weight is 338 g/mol. The second kappa shape index (κ2) is 7.42. The number of rotatable bonds is 6. The van der Waals surface area contributed by atoms with Crippen molar-refractivity contribution in [2.45, 2.75) is 32.7 Å². The number of carbonyl (C=O) groups excluding carboxylic acids is 2. The summed E-state index contributed by atoms with van der Waals surface area (Å²) in [7, 11) is 0. The minimum Gasteiger partial charge on any atom is -0.350 e. The number of carbonyl (C=O) groups is 2. The molecule has 0 aliphatic heterocycles. The highest BCUT2D eigenvalue weighted by Gasteiger charge is 2.32. The quantitative estimate of drug-likeness (QED) is 0.844. The fourth-order valence-corrected chi connectivity index (χ4v) is 2.59. The number of amides is 2. The monoisotopic (exact) mass is 338 g/mol. The summed E-state index contributed by atoms with van der Waals surface area (Å²) in [4.78, 5) is 32.9. The third-order valence-corrected chi connectivity index (χ3v) is 4.34. The molecule has 1 aliphatic rings. The maximum Gasteiger partial charge on any atom is 0.253 e. The predicted octanol–water partition coefficient (Wildman–Crippen LogP) is 2.03. The van der Waals surface area contributed by atoms with Crippen LogP contribution in [0.25, 0.3) is 0 Å². The molecule has 2 aromatic rings. The first-order valence-electron chi connectivity index (χ1n) is 8.47. The molecular weight excluding hydrogens is 316 g/mol. The summed E-state index contributed by atoms with van der Waals surface area (Å²) >= 11 is 0. The van der Waals surface area contributed by atoms with E-state index in [1.165, 1.54) is 0 Å². The van der Waals surface area contributed by atoms with Crippen molar-refractivity contribution < 1.29 is 9.59 Å². The fourth-order valence-electron chi connectivity index (χ4n) is 2.59. The van der Waals surface area contributed by atoms with Crippen LogP contribution in [0.2, 0.25) is 0 Å². The summed E-state index contributed by atoms with van der Waals surface area (Å²) in [5, 5.41) is 5.92. The number of hydrogen-bond acceptors (Lipinski definition) is 4. The van der Waals surface area contributed by atoms with E-state index in [2.05, 4.69) is 20.6 Å². The van der Waals surface area contributed by atoms with Crippen LogP contribution in [0.15, 0.2) is 36.7 Å². The Labute approximate surface area is 147 Å². The van der Waals surface area contributed by atoms with Gasteiger partial charge in [0.1, 0.15) is 0 Å². The Morgan fingerprint density at radius 2 is 1.56 bits per heavy atom. The molecule has 3 rings (SSSR count). The van der Waals surface area contributed by atoms with Crippen LogP contribution in [0.4, 0.5) is 0 Å². The predicted molar refractivity (Wildman–Crippen MR) is 94.3 cm³/mol. The van der Waals surface area contributed by atoms with Crippen LogP contribution >= 0.6 is 0 Å². The van der Waals surface area contributed by atoms with Crippen molar-refractivity contribution in [1.29, 1.82) is 0 Å². The van der Waals surface area contributed by atoms with Gasteiger partial charge in [-0.25, -0.2) is 0 Å². The van der Waals surface area contributed by atoms with Gasteiger partial charge in [0.15, 0.2) is 0 Å². The molecule has 6 nitrogen and oxygen atoms in total. The summed E-state index contributed by atoms with van der Waals surface area (Å²) in [5.41, 5.74) is 2.79. The summed E-state index contributed by atoms with van der Waals surface area (Å²) in [6, 6.07) is 7.06. The Hall–Kier alpha value is -2.76. The molecule has 2 aromatic heterocycles. The molecule has 1 unspecified atom stereocenters. The Balaban J connectivity index is 1.58.